The van der Waals surface area contributed by atoms with E-state index < -0.39 is 0 Å². The van der Waals surface area contributed by atoms with Crippen molar-refractivity contribution in [3.8, 4) is 0 Å². The van der Waals surface area contributed by atoms with Gasteiger partial charge in [0, 0.05) is 25.8 Å². The van der Waals surface area contributed by atoms with Gasteiger partial charge in [-0.2, -0.15) is 0 Å². The third-order valence-electron chi connectivity index (χ3n) is 3.85. The minimum atomic E-state index is 0.577. The monoisotopic (exact) mass is 251 g/mol. The molecule has 0 unspecified atom stereocenters. The zero-order chi connectivity index (χ0) is 12.8. The largest absolute Gasteiger partial charge is 0.493 e. The molecule has 0 amide bonds. The molecule has 0 aromatic carbocycles. The van der Waals surface area contributed by atoms with Gasteiger partial charge in [0.25, 0.3) is 0 Å². The van der Waals surface area contributed by atoms with Crippen LogP contribution in [-0.4, -0.2) is 32.4 Å². The minimum Gasteiger partial charge on any atom is -0.493 e. The van der Waals surface area contributed by atoms with Crippen LogP contribution in [0.5, 0.6) is 0 Å². The molecular formula is C15H25NO2. The van der Waals surface area contributed by atoms with Crippen LogP contribution >= 0.6 is 0 Å². The summed E-state index contributed by atoms with van der Waals surface area (Å²) in [5.74, 6) is 2.22. The summed E-state index contributed by atoms with van der Waals surface area (Å²) < 4.78 is 11.1. The van der Waals surface area contributed by atoms with Gasteiger partial charge in [-0.3, -0.25) is 0 Å². The summed E-state index contributed by atoms with van der Waals surface area (Å²) in [6.45, 7) is 7.91. The normalized spacial score (nSPS) is 29.1. The molecule has 0 aromatic heterocycles. The lowest BCUT2D eigenvalue weighted by molar-refractivity contribution is 0.0760. The third kappa shape index (κ3) is 4.14. The fraction of sp³-hybridized carbons (Fsp3) is 0.733. The summed E-state index contributed by atoms with van der Waals surface area (Å²) in [6, 6.07) is 0.608. The van der Waals surface area contributed by atoms with E-state index >= 15 is 0 Å². The second kappa shape index (κ2) is 6.95. The fourth-order valence-corrected chi connectivity index (χ4v) is 2.32. The Kier molecular flexibility index (Phi) is 5.26. The van der Waals surface area contributed by atoms with E-state index in [1.165, 1.54) is 0 Å². The second-order valence-corrected chi connectivity index (χ2v) is 5.34. The second-order valence-electron chi connectivity index (χ2n) is 5.34. The summed E-state index contributed by atoms with van der Waals surface area (Å²) in [6.07, 6.45) is 8.79. The SMILES string of the molecule is C[C@@H]1C=C(OCCNC2CCOCC2)C=C[C@@H]1C. The molecule has 1 saturated heterocycles. The van der Waals surface area contributed by atoms with Crippen molar-refractivity contribution in [2.24, 2.45) is 11.8 Å². The van der Waals surface area contributed by atoms with Gasteiger partial charge in [0.2, 0.25) is 0 Å². The van der Waals surface area contributed by atoms with E-state index in [1.54, 1.807) is 0 Å². The van der Waals surface area contributed by atoms with Gasteiger partial charge in [0.05, 0.1) is 0 Å². The van der Waals surface area contributed by atoms with Gasteiger partial charge in [0.15, 0.2) is 0 Å². The molecule has 1 heterocycles. The predicted molar refractivity (Wildman–Crippen MR) is 73.3 cm³/mol. The molecule has 2 rings (SSSR count). The Morgan fingerprint density at radius 1 is 1.28 bits per heavy atom. The lowest BCUT2D eigenvalue weighted by atomic mass is 9.91. The molecule has 0 radical (unpaired) electrons. The first-order valence-corrected chi connectivity index (χ1v) is 7.09. The van der Waals surface area contributed by atoms with Crippen LogP contribution in [0, 0.1) is 11.8 Å². The molecule has 1 N–H and O–H groups in total. The van der Waals surface area contributed by atoms with Gasteiger partial charge < -0.3 is 14.8 Å². The first kappa shape index (κ1) is 13.6. The highest BCUT2D eigenvalue weighted by atomic mass is 16.5. The Labute approximate surface area is 110 Å². The van der Waals surface area contributed by atoms with E-state index in [-0.39, 0.29) is 0 Å². The molecule has 3 nitrogen and oxygen atoms in total. The maximum absolute atomic E-state index is 5.77. The van der Waals surface area contributed by atoms with Crippen LogP contribution in [0.15, 0.2) is 24.0 Å². The summed E-state index contributed by atoms with van der Waals surface area (Å²) in [4.78, 5) is 0. The van der Waals surface area contributed by atoms with E-state index in [0.717, 1.165) is 45.0 Å². The Balaban J connectivity index is 1.61. The zero-order valence-electron chi connectivity index (χ0n) is 11.5. The Hall–Kier alpha value is -0.800. The van der Waals surface area contributed by atoms with E-state index in [2.05, 4.69) is 37.4 Å². The highest BCUT2D eigenvalue weighted by molar-refractivity contribution is 5.19. The van der Waals surface area contributed by atoms with Crippen molar-refractivity contribution in [1.82, 2.24) is 5.32 Å². The van der Waals surface area contributed by atoms with E-state index in [0.29, 0.717) is 17.9 Å². The first-order valence-electron chi connectivity index (χ1n) is 7.09. The highest BCUT2D eigenvalue weighted by Crippen LogP contribution is 2.22. The van der Waals surface area contributed by atoms with Gasteiger partial charge in [0.1, 0.15) is 12.4 Å². The molecule has 0 aromatic rings. The van der Waals surface area contributed by atoms with Crippen LogP contribution in [0.3, 0.4) is 0 Å². The molecule has 1 aliphatic carbocycles. The molecule has 1 aliphatic heterocycles. The zero-order valence-corrected chi connectivity index (χ0v) is 11.5. The quantitative estimate of drug-likeness (QED) is 0.762. The summed E-state index contributed by atoms with van der Waals surface area (Å²) in [7, 11) is 0. The molecule has 3 heteroatoms. The van der Waals surface area contributed by atoms with Crippen LogP contribution in [0.2, 0.25) is 0 Å². The van der Waals surface area contributed by atoms with Crippen molar-refractivity contribution in [2.45, 2.75) is 32.7 Å². The molecule has 2 atom stereocenters. The minimum absolute atomic E-state index is 0.577. The van der Waals surface area contributed by atoms with E-state index in [4.69, 9.17) is 9.47 Å². The maximum atomic E-state index is 5.77. The predicted octanol–water partition coefficient (Wildman–Crippen LogP) is 2.50. The smallest absolute Gasteiger partial charge is 0.115 e. The highest BCUT2D eigenvalue weighted by Gasteiger charge is 2.14. The average molecular weight is 251 g/mol. The molecule has 2 aliphatic rings. The molecule has 102 valence electrons. The number of nitrogens with one attached hydrogen (secondary N) is 1. The first-order chi connectivity index (χ1) is 8.75. The van der Waals surface area contributed by atoms with Crippen molar-refractivity contribution < 1.29 is 9.47 Å². The van der Waals surface area contributed by atoms with Gasteiger partial charge in [-0.25, -0.2) is 0 Å². The molecule has 1 fully saturated rings. The Bertz CT molecular complexity index is 306. The maximum Gasteiger partial charge on any atom is 0.115 e. The lowest BCUT2D eigenvalue weighted by Gasteiger charge is -2.23. The van der Waals surface area contributed by atoms with Gasteiger partial charge in [-0.05, 0) is 36.8 Å². The fourth-order valence-electron chi connectivity index (χ4n) is 2.32. The molecular weight excluding hydrogens is 226 g/mol. The summed E-state index contributed by atoms with van der Waals surface area (Å²) in [5.41, 5.74) is 0. The van der Waals surface area contributed by atoms with Gasteiger partial charge >= 0.3 is 0 Å². The van der Waals surface area contributed by atoms with Crippen molar-refractivity contribution >= 4 is 0 Å². The van der Waals surface area contributed by atoms with Crippen LogP contribution in [0.25, 0.3) is 0 Å². The Morgan fingerprint density at radius 2 is 2.06 bits per heavy atom. The van der Waals surface area contributed by atoms with Crippen molar-refractivity contribution in [3.05, 3.63) is 24.0 Å². The number of rotatable bonds is 5. The molecule has 18 heavy (non-hydrogen) atoms. The van der Waals surface area contributed by atoms with Crippen LogP contribution in [-0.2, 0) is 9.47 Å². The molecule has 0 bridgehead atoms. The standard InChI is InChI=1S/C15H25NO2/c1-12-3-4-15(11-13(12)2)18-10-7-16-14-5-8-17-9-6-14/h3-4,11-14,16H,5-10H2,1-2H3/t12-,13+/m0/s1. The van der Waals surface area contributed by atoms with Crippen molar-refractivity contribution in [3.63, 3.8) is 0 Å². The number of hydrogen-bond donors (Lipinski definition) is 1. The third-order valence-corrected chi connectivity index (χ3v) is 3.85. The summed E-state index contributed by atoms with van der Waals surface area (Å²) in [5, 5.41) is 3.52. The Morgan fingerprint density at radius 3 is 2.78 bits per heavy atom. The van der Waals surface area contributed by atoms with Crippen LogP contribution in [0.4, 0.5) is 0 Å². The average Bonchev–Trinajstić information content (AvgIpc) is 2.40. The van der Waals surface area contributed by atoms with Gasteiger partial charge in [-0.15, -0.1) is 0 Å². The van der Waals surface area contributed by atoms with Crippen molar-refractivity contribution in [2.75, 3.05) is 26.4 Å². The molecule has 0 spiro atoms. The van der Waals surface area contributed by atoms with Crippen LogP contribution in [0.1, 0.15) is 26.7 Å². The number of allylic oxidation sites excluding steroid dienone is 3. The van der Waals surface area contributed by atoms with E-state index in [1.807, 2.05) is 0 Å². The van der Waals surface area contributed by atoms with E-state index in [9.17, 15) is 0 Å². The topological polar surface area (TPSA) is 30.5 Å². The number of ether oxygens (including phenoxy) is 2. The summed E-state index contributed by atoms with van der Waals surface area (Å²) >= 11 is 0. The van der Waals surface area contributed by atoms with Gasteiger partial charge in [-0.1, -0.05) is 19.9 Å². The van der Waals surface area contributed by atoms with Crippen LogP contribution < -0.4 is 5.32 Å². The molecule has 0 saturated carbocycles. The lowest BCUT2D eigenvalue weighted by Crippen LogP contribution is -2.36. The van der Waals surface area contributed by atoms with Crippen molar-refractivity contribution in [1.29, 1.82) is 0 Å². The number of hydrogen-bond acceptors (Lipinski definition) is 3.